The van der Waals surface area contributed by atoms with Crippen LogP contribution in [-0.4, -0.2) is 27.7 Å². The lowest BCUT2D eigenvalue weighted by Gasteiger charge is -2.37. The van der Waals surface area contributed by atoms with Crippen LogP contribution < -0.4 is 10.5 Å². The summed E-state index contributed by atoms with van der Waals surface area (Å²) in [5.41, 5.74) is 5.97. The van der Waals surface area contributed by atoms with E-state index in [-0.39, 0.29) is 11.4 Å². The molecule has 0 radical (unpaired) electrons. The van der Waals surface area contributed by atoms with E-state index in [9.17, 15) is 9.90 Å². The van der Waals surface area contributed by atoms with Crippen molar-refractivity contribution in [1.82, 2.24) is 9.61 Å². The molecule has 19 heavy (non-hydrogen) atoms. The maximum absolute atomic E-state index is 11.6. The number of carbonyl (C=O) groups is 1. The van der Waals surface area contributed by atoms with Gasteiger partial charge in [-0.3, -0.25) is 4.79 Å². The average Bonchev–Trinajstić information content (AvgIpc) is 2.74. The number of nitrogens with two attached hydrogens (primary N) is 1. The number of fused-ring (bicyclic) bond motifs is 1. The fraction of sp³-hybridized carbons (Fsp3) is 0.385. The van der Waals surface area contributed by atoms with Crippen molar-refractivity contribution in [2.24, 2.45) is 5.73 Å². The fourth-order valence-electron chi connectivity index (χ4n) is 2.60. The summed E-state index contributed by atoms with van der Waals surface area (Å²) in [4.78, 5) is 11.6. The third-order valence-electron chi connectivity index (χ3n) is 3.75. The minimum Gasteiger partial charge on any atom is -0.479 e. The molecule has 1 saturated carbocycles. The third-order valence-corrected chi connectivity index (χ3v) is 3.75. The molecule has 1 amide bonds. The van der Waals surface area contributed by atoms with Crippen molar-refractivity contribution in [3.8, 4) is 5.88 Å². The molecule has 3 rings (SSSR count). The number of methoxy groups -OCH3 is 1. The van der Waals surface area contributed by atoms with Crippen LogP contribution in [0.2, 0.25) is 0 Å². The lowest BCUT2D eigenvalue weighted by atomic mass is 9.74. The number of carbonyl (C=O) groups excluding carboxylic acids is 1. The highest BCUT2D eigenvalue weighted by Crippen LogP contribution is 2.44. The Morgan fingerprint density at radius 2 is 2.32 bits per heavy atom. The molecule has 2 heterocycles. The zero-order valence-corrected chi connectivity index (χ0v) is 10.6. The molecule has 0 aromatic carbocycles. The molecule has 2 aromatic rings. The van der Waals surface area contributed by atoms with Gasteiger partial charge in [0, 0.05) is 11.8 Å². The summed E-state index contributed by atoms with van der Waals surface area (Å²) >= 11 is 0. The highest BCUT2D eigenvalue weighted by molar-refractivity contribution is 6.03. The van der Waals surface area contributed by atoms with Crippen LogP contribution in [0.3, 0.4) is 0 Å². The van der Waals surface area contributed by atoms with Crippen LogP contribution in [0, 0.1) is 0 Å². The molecule has 0 aliphatic heterocycles. The highest BCUT2D eigenvalue weighted by atomic mass is 16.5. The van der Waals surface area contributed by atoms with Crippen molar-refractivity contribution in [2.45, 2.75) is 24.9 Å². The van der Waals surface area contributed by atoms with E-state index in [1.54, 1.807) is 12.3 Å². The van der Waals surface area contributed by atoms with Gasteiger partial charge in [0.1, 0.15) is 5.56 Å². The largest absolute Gasteiger partial charge is 0.479 e. The molecule has 6 nitrogen and oxygen atoms in total. The van der Waals surface area contributed by atoms with E-state index in [1.807, 2.05) is 6.07 Å². The Morgan fingerprint density at radius 1 is 1.58 bits per heavy atom. The maximum atomic E-state index is 11.6. The van der Waals surface area contributed by atoms with Gasteiger partial charge in [0.15, 0.2) is 0 Å². The quantitative estimate of drug-likeness (QED) is 0.855. The number of primary amides is 1. The number of rotatable bonds is 3. The summed E-state index contributed by atoms with van der Waals surface area (Å²) in [6, 6.07) is 3.60. The van der Waals surface area contributed by atoms with Crippen molar-refractivity contribution >= 4 is 11.4 Å². The predicted octanol–water partition coefficient (Wildman–Crippen LogP) is 0.813. The van der Waals surface area contributed by atoms with Gasteiger partial charge in [0.05, 0.1) is 18.2 Å². The van der Waals surface area contributed by atoms with Crippen molar-refractivity contribution in [3.05, 3.63) is 29.5 Å². The van der Waals surface area contributed by atoms with Gasteiger partial charge in [-0.2, -0.15) is 0 Å². The van der Waals surface area contributed by atoms with Gasteiger partial charge in [-0.15, -0.1) is 5.10 Å². The van der Waals surface area contributed by atoms with E-state index in [0.29, 0.717) is 23.9 Å². The molecule has 0 saturated heterocycles. The van der Waals surface area contributed by atoms with E-state index in [2.05, 4.69) is 5.10 Å². The van der Waals surface area contributed by atoms with Crippen LogP contribution in [0.1, 0.15) is 35.2 Å². The summed E-state index contributed by atoms with van der Waals surface area (Å²) in [6.45, 7) is 0. The Bertz CT molecular complexity index is 658. The number of pyridine rings is 1. The van der Waals surface area contributed by atoms with Gasteiger partial charge < -0.3 is 15.6 Å². The summed E-state index contributed by atoms with van der Waals surface area (Å²) in [6.07, 6.45) is 4.03. The number of ether oxygens (including phenoxy) is 1. The fourth-order valence-corrected chi connectivity index (χ4v) is 2.60. The maximum Gasteiger partial charge on any atom is 0.256 e. The number of nitrogens with zero attached hydrogens (tertiary/aromatic N) is 2. The van der Waals surface area contributed by atoms with Gasteiger partial charge in [0.2, 0.25) is 5.88 Å². The number of hydrogen-bond donors (Lipinski definition) is 2. The molecular formula is C13H15N3O3. The second-order valence-corrected chi connectivity index (χ2v) is 4.85. The molecule has 3 N–H and O–H groups in total. The molecule has 0 unspecified atom stereocenters. The standard InChI is InChI=1S/C13H15N3O3/c1-19-12-9(11(14)17)10-8(13(18)5-3-6-13)4-2-7-16(10)15-12/h2,4,7,18H,3,5-6H2,1H3,(H2,14,17). The summed E-state index contributed by atoms with van der Waals surface area (Å²) in [5.74, 6) is -0.426. The minimum absolute atomic E-state index is 0.183. The molecule has 0 spiro atoms. The Kier molecular flexibility index (Phi) is 2.50. The van der Waals surface area contributed by atoms with Crippen molar-refractivity contribution < 1.29 is 14.6 Å². The van der Waals surface area contributed by atoms with Gasteiger partial charge in [0.25, 0.3) is 5.91 Å². The first-order chi connectivity index (χ1) is 9.07. The second-order valence-electron chi connectivity index (χ2n) is 4.85. The van der Waals surface area contributed by atoms with Crippen LogP contribution in [0.5, 0.6) is 5.88 Å². The summed E-state index contributed by atoms with van der Waals surface area (Å²) in [5, 5.41) is 14.7. The van der Waals surface area contributed by atoms with E-state index in [0.717, 1.165) is 6.42 Å². The smallest absolute Gasteiger partial charge is 0.256 e. The van der Waals surface area contributed by atoms with Crippen molar-refractivity contribution in [2.75, 3.05) is 7.11 Å². The number of aliphatic hydroxyl groups is 1. The first-order valence-electron chi connectivity index (χ1n) is 6.15. The Balaban J connectivity index is 2.34. The van der Waals surface area contributed by atoms with E-state index in [1.165, 1.54) is 11.6 Å². The molecule has 0 atom stereocenters. The molecule has 1 fully saturated rings. The Morgan fingerprint density at radius 3 is 2.84 bits per heavy atom. The van der Waals surface area contributed by atoms with Crippen LogP contribution in [-0.2, 0) is 5.60 Å². The minimum atomic E-state index is -0.891. The molecular weight excluding hydrogens is 246 g/mol. The van der Waals surface area contributed by atoms with Gasteiger partial charge in [-0.05, 0) is 25.3 Å². The first-order valence-corrected chi connectivity index (χ1v) is 6.15. The lowest BCUT2D eigenvalue weighted by molar-refractivity contribution is -0.0377. The normalized spacial score (nSPS) is 17.2. The van der Waals surface area contributed by atoms with Gasteiger partial charge >= 0.3 is 0 Å². The predicted molar refractivity (Wildman–Crippen MR) is 68.0 cm³/mol. The van der Waals surface area contributed by atoms with E-state index < -0.39 is 11.5 Å². The second kappa shape index (κ2) is 3.96. The SMILES string of the molecule is COc1nn2cccc(C3(O)CCC3)c2c1C(N)=O. The number of hydrogen-bond acceptors (Lipinski definition) is 4. The lowest BCUT2D eigenvalue weighted by Crippen LogP contribution is -2.34. The average molecular weight is 261 g/mol. The van der Waals surface area contributed by atoms with Crippen molar-refractivity contribution in [3.63, 3.8) is 0 Å². The first kappa shape index (κ1) is 12.0. The van der Waals surface area contributed by atoms with Crippen molar-refractivity contribution in [1.29, 1.82) is 0 Å². The molecule has 100 valence electrons. The van der Waals surface area contributed by atoms with E-state index >= 15 is 0 Å². The monoisotopic (exact) mass is 261 g/mol. The Hall–Kier alpha value is -2.08. The topological polar surface area (TPSA) is 89.8 Å². The highest BCUT2D eigenvalue weighted by Gasteiger charge is 2.39. The summed E-state index contributed by atoms with van der Waals surface area (Å²) < 4.78 is 6.63. The van der Waals surface area contributed by atoms with Crippen LogP contribution in [0.25, 0.3) is 5.52 Å². The zero-order valence-electron chi connectivity index (χ0n) is 10.6. The van der Waals surface area contributed by atoms with Crippen LogP contribution >= 0.6 is 0 Å². The van der Waals surface area contributed by atoms with E-state index in [4.69, 9.17) is 10.5 Å². The van der Waals surface area contributed by atoms with Crippen LogP contribution in [0.4, 0.5) is 0 Å². The third kappa shape index (κ3) is 1.60. The molecule has 1 aliphatic rings. The van der Waals surface area contributed by atoms with Crippen LogP contribution in [0.15, 0.2) is 18.3 Å². The number of aromatic nitrogens is 2. The Labute approximate surface area is 109 Å². The van der Waals surface area contributed by atoms with Gasteiger partial charge in [-0.25, -0.2) is 4.52 Å². The van der Waals surface area contributed by atoms with Gasteiger partial charge in [-0.1, -0.05) is 6.07 Å². The molecule has 0 bridgehead atoms. The zero-order chi connectivity index (χ0) is 13.6. The summed E-state index contributed by atoms with van der Waals surface area (Å²) in [7, 11) is 1.44. The molecule has 6 heteroatoms. The number of amides is 1. The molecule has 2 aromatic heterocycles. The molecule has 1 aliphatic carbocycles.